The Hall–Kier alpha value is -3.63. The Morgan fingerprint density at radius 2 is 1.97 bits per heavy atom. The molecule has 0 aliphatic carbocycles. The number of hydrogen-bond donors (Lipinski definition) is 2. The molecule has 8 nitrogen and oxygen atoms in total. The van der Waals surface area contributed by atoms with Crippen molar-refractivity contribution in [3.05, 3.63) is 58.5 Å². The zero-order chi connectivity index (χ0) is 26.5. The van der Waals surface area contributed by atoms with E-state index in [4.69, 9.17) is 11.2 Å². The van der Waals surface area contributed by atoms with Crippen molar-refractivity contribution >= 4 is 33.5 Å². The summed E-state index contributed by atoms with van der Waals surface area (Å²) in [6, 6.07) is 4.43. The molecule has 0 atom stereocenters. The normalized spacial score (nSPS) is 14.5. The maximum absolute atomic E-state index is 14.4. The molecule has 1 aliphatic rings. The summed E-state index contributed by atoms with van der Waals surface area (Å²) in [7, 11) is -3.77. The SMILES string of the molecule is C#Cc1cc(CNC(=O)/C=C/c2ccc(C(F)(F)F)nc2N2CCOCC2)cc(F)c1NS(C)(=O)=O. The molecule has 1 amide bonds. The van der Waals surface area contributed by atoms with Gasteiger partial charge in [0.15, 0.2) is 0 Å². The van der Waals surface area contributed by atoms with Crippen molar-refractivity contribution in [2.75, 3.05) is 42.2 Å². The maximum atomic E-state index is 14.4. The number of benzene rings is 1. The molecule has 2 N–H and O–H groups in total. The number of nitrogens with one attached hydrogen (secondary N) is 2. The Bertz CT molecular complexity index is 1310. The highest BCUT2D eigenvalue weighted by Gasteiger charge is 2.33. The fourth-order valence-electron chi connectivity index (χ4n) is 3.36. The number of pyridine rings is 1. The molecule has 2 aromatic rings. The van der Waals surface area contributed by atoms with Crippen LogP contribution in [0.5, 0.6) is 0 Å². The van der Waals surface area contributed by atoms with Crippen LogP contribution in [0.15, 0.2) is 30.3 Å². The number of sulfonamides is 1. The smallest absolute Gasteiger partial charge is 0.378 e. The number of nitrogens with zero attached hydrogens (tertiary/aromatic N) is 2. The first kappa shape index (κ1) is 27.0. The van der Waals surface area contributed by atoms with Crippen LogP contribution in [0.1, 0.15) is 22.4 Å². The highest BCUT2D eigenvalue weighted by Crippen LogP contribution is 2.31. The molecule has 3 rings (SSSR count). The lowest BCUT2D eigenvalue weighted by molar-refractivity contribution is -0.141. The Morgan fingerprint density at radius 1 is 1.28 bits per heavy atom. The monoisotopic (exact) mass is 526 g/mol. The van der Waals surface area contributed by atoms with Gasteiger partial charge in [0, 0.05) is 31.3 Å². The summed E-state index contributed by atoms with van der Waals surface area (Å²) in [4.78, 5) is 17.7. The summed E-state index contributed by atoms with van der Waals surface area (Å²) >= 11 is 0. The molecule has 192 valence electrons. The first-order valence-corrected chi connectivity index (χ1v) is 12.4. The van der Waals surface area contributed by atoms with Crippen LogP contribution < -0.4 is 14.9 Å². The molecule has 1 aromatic heterocycles. The van der Waals surface area contributed by atoms with E-state index in [0.717, 1.165) is 24.5 Å². The number of terminal acetylenes is 1. The molecule has 0 radical (unpaired) electrons. The molecule has 0 unspecified atom stereocenters. The summed E-state index contributed by atoms with van der Waals surface area (Å²) in [6.07, 6.45) is 4.03. The molecule has 36 heavy (non-hydrogen) atoms. The van der Waals surface area contributed by atoms with E-state index < -0.39 is 33.6 Å². The third-order valence-electron chi connectivity index (χ3n) is 4.98. The average molecular weight is 527 g/mol. The van der Waals surface area contributed by atoms with Gasteiger partial charge in [0.05, 0.1) is 30.7 Å². The van der Waals surface area contributed by atoms with Gasteiger partial charge < -0.3 is 15.0 Å². The van der Waals surface area contributed by atoms with Gasteiger partial charge in [-0.15, -0.1) is 6.42 Å². The van der Waals surface area contributed by atoms with Gasteiger partial charge in [0.25, 0.3) is 0 Å². The van der Waals surface area contributed by atoms with E-state index in [1.807, 2.05) is 4.72 Å². The average Bonchev–Trinajstić information content (AvgIpc) is 2.82. The van der Waals surface area contributed by atoms with Crippen LogP contribution in [0.3, 0.4) is 0 Å². The number of amides is 1. The van der Waals surface area contributed by atoms with Crippen LogP contribution in [0.2, 0.25) is 0 Å². The second-order valence-electron chi connectivity index (χ2n) is 7.78. The maximum Gasteiger partial charge on any atom is 0.433 e. The third kappa shape index (κ3) is 7.19. The first-order chi connectivity index (χ1) is 16.9. The van der Waals surface area contributed by atoms with Crippen molar-refractivity contribution in [3.63, 3.8) is 0 Å². The number of aromatic nitrogens is 1. The van der Waals surface area contributed by atoms with E-state index in [1.165, 1.54) is 18.2 Å². The molecular formula is C23H22F4N4O4S. The minimum Gasteiger partial charge on any atom is -0.378 e. The fraction of sp³-hybridized carbons (Fsp3) is 0.304. The third-order valence-corrected chi connectivity index (χ3v) is 5.56. The van der Waals surface area contributed by atoms with Crippen molar-refractivity contribution in [1.29, 1.82) is 0 Å². The highest BCUT2D eigenvalue weighted by atomic mass is 32.2. The lowest BCUT2D eigenvalue weighted by Gasteiger charge is -2.29. The van der Waals surface area contributed by atoms with Gasteiger partial charge in [-0.05, 0) is 35.9 Å². The Balaban J connectivity index is 1.76. The molecule has 0 saturated carbocycles. The molecule has 1 aliphatic heterocycles. The quantitative estimate of drug-likeness (QED) is 0.327. The summed E-state index contributed by atoms with van der Waals surface area (Å²) < 4.78 is 84.0. The van der Waals surface area contributed by atoms with Crippen molar-refractivity contribution in [2.45, 2.75) is 12.7 Å². The summed E-state index contributed by atoms with van der Waals surface area (Å²) in [5.41, 5.74) is -0.902. The Labute approximate surface area is 205 Å². The van der Waals surface area contributed by atoms with E-state index in [9.17, 15) is 30.8 Å². The summed E-state index contributed by atoms with van der Waals surface area (Å²) in [6.45, 7) is 1.20. The zero-order valence-electron chi connectivity index (χ0n) is 19.0. The van der Waals surface area contributed by atoms with Crippen LogP contribution in [0.4, 0.5) is 29.1 Å². The van der Waals surface area contributed by atoms with Gasteiger partial charge >= 0.3 is 6.18 Å². The van der Waals surface area contributed by atoms with Gasteiger partial charge in [-0.1, -0.05) is 5.92 Å². The van der Waals surface area contributed by atoms with Crippen molar-refractivity contribution in [1.82, 2.24) is 10.3 Å². The largest absolute Gasteiger partial charge is 0.433 e. The highest BCUT2D eigenvalue weighted by molar-refractivity contribution is 7.92. The minimum absolute atomic E-state index is 0.0498. The first-order valence-electron chi connectivity index (χ1n) is 10.5. The van der Waals surface area contributed by atoms with Crippen molar-refractivity contribution < 1.29 is 35.5 Å². The van der Waals surface area contributed by atoms with E-state index in [2.05, 4.69) is 16.2 Å². The molecule has 1 aromatic carbocycles. The van der Waals surface area contributed by atoms with Crippen LogP contribution in [-0.4, -0.2) is 51.9 Å². The summed E-state index contributed by atoms with van der Waals surface area (Å²) in [5, 5.41) is 2.52. The lowest BCUT2D eigenvalue weighted by atomic mass is 10.1. The number of carbonyl (C=O) groups excluding carboxylic acids is 1. The van der Waals surface area contributed by atoms with E-state index >= 15 is 0 Å². The van der Waals surface area contributed by atoms with Gasteiger partial charge in [0.1, 0.15) is 17.3 Å². The number of ether oxygens (including phenoxy) is 1. The predicted molar refractivity (Wildman–Crippen MR) is 126 cm³/mol. The number of morpholine rings is 1. The molecule has 13 heteroatoms. The molecule has 0 bridgehead atoms. The number of alkyl halides is 3. The van der Waals surface area contributed by atoms with E-state index in [0.29, 0.717) is 31.9 Å². The zero-order valence-corrected chi connectivity index (χ0v) is 19.8. The fourth-order valence-corrected chi connectivity index (χ4v) is 3.94. The van der Waals surface area contributed by atoms with Gasteiger partial charge in [-0.25, -0.2) is 17.8 Å². The predicted octanol–water partition coefficient (Wildman–Crippen LogP) is 2.76. The van der Waals surface area contributed by atoms with E-state index in [1.54, 1.807) is 4.90 Å². The second kappa shape index (κ2) is 11.0. The number of halogens is 4. The van der Waals surface area contributed by atoms with Crippen LogP contribution in [0.25, 0.3) is 6.08 Å². The van der Waals surface area contributed by atoms with Crippen molar-refractivity contribution in [2.24, 2.45) is 0 Å². The summed E-state index contributed by atoms with van der Waals surface area (Å²) in [5.74, 6) is 0.745. The topological polar surface area (TPSA) is 101 Å². The molecule has 1 fully saturated rings. The van der Waals surface area contributed by atoms with Gasteiger partial charge in [0.2, 0.25) is 15.9 Å². The van der Waals surface area contributed by atoms with Crippen LogP contribution >= 0.6 is 0 Å². The molecule has 2 heterocycles. The number of hydrogen-bond acceptors (Lipinski definition) is 6. The van der Waals surface area contributed by atoms with E-state index in [-0.39, 0.29) is 29.2 Å². The molecular weight excluding hydrogens is 504 g/mol. The van der Waals surface area contributed by atoms with Gasteiger partial charge in [-0.3, -0.25) is 9.52 Å². The molecule has 1 saturated heterocycles. The van der Waals surface area contributed by atoms with Gasteiger partial charge in [-0.2, -0.15) is 13.2 Å². The van der Waals surface area contributed by atoms with Crippen LogP contribution in [0, 0.1) is 18.2 Å². The standard InChI is InChI=1S/C23H22F4N4O4S/c1-3-16-12-15(13-18(24)21(16)30-36(2,33)34)14-28-20(32)7-5-17-4-6-19(23(25,26)27)29-22(17)31-8-10-35-11-9-31/h1,4-7,12-13,30H,8-11,14H2,2H3,(H,28,32)/b7-5+. The number of anilines is 2. The lowest BCUT2D eigenvalue weighted by Crippen LogP contribution is -2.37. The van der Waals surface area contributed by atoms with Crippen LogP contribution in [-0.2, 0) is 32.3 Å². The van der Waals surface area contributed by atoms with Crippen molar-refractivity contribution in [3.8, 4) is 12.3 Å². The minimum atomic E-state index is -4.63. The second-order valence-corrected chi connectivity index (χ2v) is 9.52. The number of carbonyl (C=O) groups is 1. The Morgan fingerprint density at radius 3 is 2.58 bits per heavy atom. The Kier molecular flexibility index (Phi) is 8.21. The number of rotatable bonds is 7. The molecule has 0 spiro atoms.